The Kier molecular flexibility index (Phi) is 6.53. The van der Waals surface area contributed by atoms with Crippen molar-refractivity contribution in [1.82, 2.24) is 10.6 Å². The third-order valence-electron chi connectivity index (χ3n) is 3.40. The summed E-state index contributed by atoms with van der Waals surface area (Å²) < 4.78 is 36.5. The molecule has 0 saturated heterocycles. The molecule has 27 heavy (non-hydrogen) atoms. The fourth-order valence-corrected chi connectivity index (χ4v) is 2.02. The van der Waals surface area contributed by atoms with Crippen molar-refractivity contribution in [3.63, 3.8) is 0 Å². The number of rotatable bonds is 6. The molecular weight excluding hydrogens is 363 g/mol. The van der Waals surface area contributed by atoms with E-state index < -0.39 is 18.0 Å². The van der Waals surface area contributed by atoms with Gasteiger partial charge in [-0.2, -0.15) is 13.2 Å². The largest absolute Gasteiger partial charge is 0.471 e. The maximum atomic E-state index is 12.2. The molecular formula is C18H16F3N3O3. The normalized spacial score (nSPS) is 10.8. The van der Waals surface area contributed by atoms with Crippen molar-refractivity contribution in [3.05, 3.63) is 65.7 Å². The molecule has 2 aromatic rings. The van der Waals surface area contributed by atoms with E-state index in [-0.39, 0.29) is 24.7 Å². The topological polar surface area (TPSA) is 87.3 Å². The lowest BCUT2D eigenvalue weighted by molar-refractivity contribution is -0.167. The Bertz CT molecular complexity index is 806. The molecule has 3 amide bonds. The van der Waals surface area contributed by atoms with Gasteiger partial charge < -0.3 is 16.0 Å². The fourth-order valence-electron chi connectivity index (χ4n) is 2.02. The average Bonchev–Trinajstić information content (AvgIpc) is 2.65. The minimum atomic E-state index is -4.96. The average molecular weight is 379 g/mol. The molecule has 0 heterocycles. The van der Waals surface area contributed by atoms with E-state index in [4.69, 9.17) is 0 Å². The Balaban J connectivity index is 1.76. The molecule has 6 nitrogen and oxygen atoms in total. The van der Waals surface area contributed by atoms with Crippen LogP contribution < -0.4 is 16.0 Å². The maximum absolute atomic E-state index is 12.2. The lowest BCUT2D eigenvalue weighted by Gasteiger charge is -2.09. The van der Waals surface area contributed by atoms with Crippen molar-refractivity contribution < 1.29 is 27.6 Å². The number of carbonyl (C=O) groups is 3. The van der Waals surface area contributed by atoms with Crippen LogP contribution in [-0.4, -0.2) is 30.4 Å². The summed E-state index contributed by atoms with van der Waals surface area (Å²) in [6.45, 7) is -0.0962. The zero-order chi connectivity index (χ0) is 19.9. The lowest BCUT2D eigenvalue weighted by atomic mass is 10.2. The molecule has 0 aliphatic carbocycles. The molecule has 0 fully saturated rings. The van der Waals surface area contributed by atoms with Gasteiger partial charge in [-0.25, -0.2) is 0 Å². The molecule has 142 valence electrons. The molecule has 2 aromatic carbocycles. The third kappa shape index (κ3) is 6.46. The van der Waals surface area contributed by atoms with Crippen LogP contribution in [0, 0.1) is 0 Å². The van der Waals surface area contributed by atoms with Gasteiger partial charge in [-0.15, -0.1) is 0 Å². The number of carbonyl (C=O) groups excluding carboxylic acids is 3. The molecule has 9 heteroatoms. The lowest BCUT2D eigenvalue weighted by Crippen LogP contribution is -2.36. The monoisotopic (exact) mass is 379 g/mol. The quantitative estimate of drug-likeness (QED) is 0.719. The summed E-state index contributed by atoms with van der Waals surface area (Å²) in [5.41, 5.74) is 1.03. The molecule has 0 unspecified atom stereocenters. The second-order valence-electron chi connectivity index (χ2n) is 5.47. The Labute approximate surface area is 152 Å². The second-order valence-corrected chi connectivity index (χ2v) is 5.47. The highest BCUT2D eigenvalue weighted by molar-refractivity contribution is 5.96. The predicted molar refractivity (Wildman–Crippen MR) is 91.7 cm³/mol. The van der Waals surface area contributed by atoms with Gasteiger partial charge in [0.15, 0.2) is 0 Å². The molecule has 0 radical (unpaired) electrons. The van der Waals surface area contributed by atoms with Crippen LogP contribution in [-0.2, 0) is 16.1 Å². The van der Waals surface area contributed by atoms with Gasteiger partial charge in [0.25, 0.3) is 5.91 Å². The number of benzene rings is 2. The highest BCUT2D eigenvalue weighted by Crippen LogP contribution is 2.18. The van der Waals surface area contributed by atoms with Gasteiger partial charge >= 0.3 is 12.1 Å². The van der Waals surface area contributed by atoms with Gasteiger partial charge in [0.1, 0.15) is 0 Å². The van der Waals surface area contributed by atoms with Gasteiger partial charge in [-0.3, -0.25) is 14.4 Å². The first-order valence-corrected chi connectivity index (χ1v) is 7.83. The molecule has 2 rings (SSSR count). The summed E-state index contributed by atoms with van der Waals surface area (Å²) in [5, 5.41) is 6.77. The van der Waals surface area contributed by atoms with Crippen LogP contribution in [0.3, 0.4) is 0 Å². The maximum Gasteiger partial charge on any atom is 0.471 e. The molecule has 0 aromatic heterocycles. The van der Waals surface area contributed by atoms with Crippen molar-refractivity contribution >= 4 is 23.4 Å². The van der Waals surface area contributed by atoms with Crippen molar-refractivity contribution in [2.75, 3.05) is 11.9 Å². The SMILES string of the molecule is O=C(CNC(=O)c1ccccc1)NCc1ccc(NC(=O)C(F)(F)F)cc1. The fraction of sp³-hybridized carbons (Fsp3) is 0.167. The Morgan fingerprint density at radius 2 is 1.48 bits per heavy atom. The van der Waals surface area contributed by atoms with Crippen molar-refractivity contribution in [1.29, 1.82) is 0 Å². The van der Waals surface area contributed by atoms with Gasteiger partial charge in [-0.05, 0) is 29.8 Å². The molecule has 0 spiro atoms. The van der Waals surface area contributed by atoms with Crippen LogP contribution in [0.4, 0.5) is 18.9 Å². The summed E-state index contributed by atoms with van der Waals surface area (Å²) in [4.78, 5) is 34.4. The van der Waals surface area contributed by atoms with E-state index in [1.54, 1.807) is 35.6 Å². The Hall–Kier alpha value is -3.36. The first-order chi connectivity index (χ1) is 12.8. The first-order valence-electron chi connectivity index (χ1n) is 7.83. The number of amides is 3. The minimum Gasteiger partial charge on any atom is -0.350 e. The number of alkyl halides is 3. The van der Waals surface area contributed by atoms with E-state index in [0.29, 0.717) is 11.1 Å². The van der Waals surface area contributed by atoms with Gasteiger partial charge in [-0.1, -0.05) is 30.3 Å². The highest BCUT2D eigenvalue weighted by Gasteiger charge is 2.38. The van der Waals surface area contributed by atoms with Crippen LogP contribution in [0.15, 0.2) is 54.6 Å². The summed E-state index contributed by atoms with van der Waals surface area (Å²) in [6.07, 6.45) is -4.96. The van der Waals surface area contributed by atoms with E-state index in [9.17, 15) is 27.6 Å². The number of nitrogens with one attached hydrogen (secondary N) is 3. The smallest absolute Gasteiger partial charge is 0.350 e. The van der Waals surface area contributed by atoms with Gasteiger partial charge in [0.2, 0.25) is 5.91 Å². The Morgan fingerprint density at radius 1 is 0.852 bits per heavy atom. The second kappa shape index (κ2) is 8.84. The summed E-state index contributed by atoms with van der Waals surface area (Å²) >= 11 is 0. The number of anilines is 1. The number of hydrogen-bond acceptors (Lipinski definition) is 3. The van der Waals surface area contributed by atoms with Crippen molar-refractivity contribution in [2.24, 2.45) is 0 Å². The van der Waals surface area contributed by atoms with E-state index in [1.165, 1.54) is 24.3 Å². The zero-order valence-corrected chi connectivity index (χ0v) is 14.0. The van der Waals surface area contributed by atoms with Crippen molar-refractivity contribution in [2.45, 2.75) is 12.7 Å². The standard InChI is InChI=1S/C18H16F3N3O3/c19-18(20,21)17(27)24-14-8-6-12(7-9-14)10-22-15(25)11-23-16(26)13-4-2-1-3-5-13/h1-9H,10-11H2,(H,22,25)(H,23,26)(H,24,27). The van der Waals surface area contributed by atoms with Gasteiger partial charge in [0.05, 0.1) is 6.54 Å². The van der Waals surface area contributed by atoms with Crippen LogP contribution in [0.5, 0.6) is 0 Å². The van der Waals surface area contributed by atoms with E-state index in [0.717, 1.165) is 0 Å². The molecule has 0 aliphatic heterocycles. The molecule has 0 saturated carbocycles. The summed E-state index contributed by atoms with van der Waals surface area (Å²) in [6, 6.07) is 13.9. The summed E-state index contributed by atoms with van der Waals surface area (Å²) in [5.74, 6) is -2.86. The molecule has 3 N–H and O–H groups in total. The van der Waals surface area contributed by atoms with Crippen LogP contribution in [0.2, 0.25) is 0 Å². The van der Waals surface area contributed by atoms with E-state index in [2.05, 4.69) is 10.6 Å². The first kappa shape index (κ1) is 20.0. The third-order valence-corrected chi connectivity index (χ3v) is 3.40. The molecule has 0 atom stereocenters. The van der Waals surface area contributed by atoms with E-state index in [1.807, 2.05) is 0 Å². The highest BCUT2D eigenvalue weighted by atomic mass is 19.4. The number of halogens is 3. The Morgan fingerprint density at radius 3 is 2.07 bits per heavy atom. The van der Waals surface area contributed by atoms with Crippen LogP contribution in [0.1, 0.15) is 15.9 Å². The van der Waals surface area contributed by atoms with Crippen LogP contribution in [0.25, 0.3) is 0 Å². The minimum absolute atomic E-state index is 0.0116. The predicted octanol–water partition coefficient (Wildman–Crippen LogP) is 2.23. The van der Waals surface area contributed by atoms with Crippen molar-refractivity contribution in [3.8, 4) is 0 Å². The summed E-state index contributed by atoms with van der Waals surface area (Å²) in [7, 11) is 0. The van der Waals surface area contributed by atoms with Crippen LogP contribution >= 0.6 is 0 Å². The van der Waals surface area contributed by atoms with Gasteiger partial charge in [0, 0.05) is 17.8 Å². The zero-order valence-electron chi connectivity index (χ0n) is 14.0. The van der Waals surface area contributed by atoms with E-state index >= 15 is 0 Å². The number of hydrogen-bond donors (Lipinski definition) is 3. The molecule has 0 bridgehead atoms. The molecule has 0 aliphatic rings.